The Labute approximate surface area is 61.9 Å². The molecule has 0 unspecified atom stereocenters. The zero-order valence-corrected chi connectivity index (χ0v) is 6.06. The summed E-state index contributed by atoms with van der Waals surface area (Å²) in [6.07, 6.45) is 0. The van der Waals surface area contributed by atoms with Gasteiger partial charge in [-0.15, -0.1) is 0 Å². The predicted octanol–water partition coefficient (Wildman–Crippen LogP) is 1.37. The first kappa shape index (κ1) is 8.50. The van der Waals surface area contributed by atoms with Gasteiger partial charge in [0.15, 0.2) is 0 Å². The SMILES string of the molecule is N=C(CO)C(Cl)(Cl)Cl. The van der Waals surface area contributed by atoms with E-state index in [1.807, 2.05) is 0 Å². The van der Waals surface area contributed by atoms with E-state index in [4.69, 9.17) is 45.3 Å². The number of rotatable bonds is 1. The van der Waals surface area contributed by atoms with Crippen LogP contribution in [0.25, 0.3) is 0 Å². The molecule has 0 aromatic rings. The molecule has 0 amide bonds. The Bertz CT molecular complexity index is 97.2. The lowest BCUT2D eigenvalue weighted by molar-refractivity contribution is 0.355. The second kappa shape index (κ2) is 2.87. The highest BCUT2D eigenvalue weighted by Gasteiger charge is 2.24. The van der Waals surface area contributed by atoms with Crippen molar-refractivity contribution in [2.45, 2.75) is 3.79 Å². The maximum atomic E-state index is 8.19. The van der Waals surface area contributed by atoms with Crippen molar-refractivity contribution in [2.24, 2.45) is 0 Å². The Hall–Kier alpha value is 0.500. The second-order valence-electron chi connectivity index (χ2n) is 1.13. The third-order valence-corrected chi connectivity index (χ3v) is 1.18. The van der Waals surface area contributed by atoms with Gasteiger partial charge in [0.25, 0.3) is 0 Å². The third kappa shape index (κ3) is 2.72. The first-order chi connectivity index (χ1) is 3.48. The van der Waals surface area contributed by atoms with Gasteiger partial charge in [0.05, 0.1) is 12.3 Å². The van der Waals surface area contributed by atoms with Crippen LogP contribution < -0.4 is 0 Å². The highest BCUT2D eigenvalue weighted by Crippen LogP contribution is 2.26. The summed E-state index contributed by atoms with van der Waals surface area (Å²) in [5, 5.41) is 14.9. The van der Waals surface area contributed by atoms with Gasteiger partial charge in [-0.25, -0.2) is 0 Å². The lowest BCUT2D eigenvalue weighted by Gasteiger charge is -2.07. The molecule has 0 rings (SSSR count). The van der Waals surface area contributed by atoms with E-state index in [1.165, 1.54) is 0 Å². The van der Waals surface area contributed by atoms with Crippen LogP contribution in [0.4, 0.5) is 0 Å². The molecule has 0 aromatic carbocycles. The molecule has 0 aliphatic heterocycles. The summed E-state index contributed by atoms with van der Waals surface area (Å²) in [4.78, 5) is 0. The molecule has 0 atom stereocenters. The fourth-order valence-electron chi connectivity index (χ4n) is 0.0896. The number of nitrogens with one attached hydrogen (secondary N) is 1. The van der Waals surface area contributed by atoms with Crippen LogP contribution in [0.5, 0.6) is 0 Å². The van der Waals surface area contributed by atoms with Crippen molar-refractivity contribution >= 4 is 40.5 Å². The number of aliphatic hydroxyl groups is 1. The van der Waals surface area contributed by atoms with Crippen LogP contribution in [0.2, 0.25) is 0 Å². The van der Waals surface area contributed by atoms with Crippen LogP contribution in [0, 0.1) is 5.41 Å². The van der Waals surface area contributed by atoms with Gasteiger partial charge in [-0.1, -0.05) is 34.8 Å². The topological polar surface area (TPSA) is 44.1 Å². The summed E-state index contributed by atoms with van der Waals surface area (Å²) in [6, 6.07) is 0. The quantitative estimate of drug-likeness (QED) is 0.460. The first-order valence-electron chi connectivity index (χ1n) is 1.74. The normalized spacial score (nSPS) is 11.5. The van der Waals surface area contributed by atoms with E-state index in [0.717, 1.165) is 0 Å². The molecule has 8 heavy (non-hydrogen) atoms. The second-order valence-corrected chi connectivity index (χ2v) is 3.42. The Morgan fingerprint density at radius 2 is 1.88 bits per heavy atom. The number of alkyl halides is 3. The summed E-state index contributed by atoms with van der Waals surface area (Å²) in [7, 11) is 0. The standard InChI is InChI=1S/C3H4Cl3NO/c4-3(5,6)2(7)1-8/h7-8H,1H2. The van der Waals surface area contributed by atoms with E-state index >= 15 is 0 Å². The highest BCUT2D eigenvalue weighted by atomic mass is 35.6. The van der Waals surface area contributed by atoms with Gasteiger partial charge in [-0.05, 0) is 0 Å². The van der Waals surface area contributed by atoms with E-state index in [2.05, 4.69) is 0 Å². The summed E-state index contributed by atoms with van der Waals surface area (Å²) in [6.45, 7) is -0.517. The van der Waals surface area contributed by atoms with E-state index in [9.17, 15) is 0 Å². The first-order valence-corrected chi connectivity index (χ1v) is 2.87. The Balaban J connectivity index is 3.82. The maximum Gasteiger partial charge on any atom is 0.230 e. The van der Waals surface area contributed by atoms with Crippen LogP contribution in [0.1, 0.15) is 0 Å². The molecule has 2 N–H and O–H groups in total. The number of halogens is 3. The van der Waals surface area contributed by atoms with Crippen molar-refractivity contribution in [3.05, 3.63) is 0 Å². The zero-order chi connectivity index (χ0) is 6.78. The minimum Gasteiger partial charge on any atom is -0.390 e. The zero-order valence-electron chi connectivity index (χ0n) is 3.79. The van der Waals surface area contributed by atoms with Gasteiger partial charge in [-0.3, -0.25) is 0 Å². The fraction of sp³-hybridized carbons (Fsp3) is 0.667. The molecule has 0 aliphatic carbocycles. The molecule has 0 aromatic heterocycles. The van der Waals surface area contributed by atoms with Crippen molar-refractivity contribution in [2.75, 3.05) is 6.61 Å². The average molecular weight is 176 g/mol. The fourth-order valence-corrected chi connectivity index (χ4v) is 0.269. The molecule has 0 saturated heterocycles. The van der Waals surface area contributed by atoms with Gasteiger partial charge in [-0.2, -0.15) is 0 Å². The van der Waals surface area contributed by atoms with E-state index < -0.39 is 10.4 Å². The minimum atomic E-state index is -1.74. The molecule has 5 heteroatoms. The number of aliphatic hydroxyl groups excluding tert-OH is 1. The molecular weight excluding hydrogens is 172 g/mol. The van der Waals surface area contributed by atoms with Crippen LogP contribution in [-0.2, 0) is 0 Å². The van der Waals surface area contributed by atoms with E-state index in [0.29, 0.717) is 0 Å². The van der Waals surface area contributed by atoms with Crippen LogP contribution in [0.3, 0.4) is 0 Å². The van der Waals surface area contributed by atoms with Gasteiger partial charge in [0, 0.05) is 0 Å². The Morgan fingerprint density at radius 1 is 1.50 bits per heavy atom. The van der Waals surface area contributed by atoms with Crippen LogP contribution in [-0.4, -0.2) is 21.2 Å². The van der Waals surface area contributed by atoms with Crippen molar-refractivity contribution in [1.29, 1.82) is 5.41 Å². The molecule has 48 valence electrons. The van der Waals surface area contributed by atoms with Gasteiger partial charge >= 0.3 is 0 Å². The van der Waals surface area contributed by atoms with Crippen LogP contribution >= 0.6 is 34.8 Å². The lowest BCUT2D eigenvalue weighted by atomic mass is 10.5. The molecule has 2 nitrogen and oxygen atoms in total. The van der Waals surface area contributed by atoms with Crippen molar-refractivity contribution in [3.8, 4) is 0 Å². The Morgan fingerprint density at radius 3 is 1.88 bits per heavy atom. The van der Waals surface area contributed by atoms with Crippen molar-refractivity contribution in [3.63, 3.8) is 0 Å². The van der Waals surface area contributed by atoms with Gasteiger partial charge in [0.1, 0.15) is 0 Å². The Kier molecular flexibility index (Phi) is 3.05. The van der Waals surface area contributed by atoms with Gasteiger partial charge in [0.2, 0.25) is 3.79 Å². The molecule has 0 radical (unpaired) electrons. The molecule has 0 fully saturated rings. The van der Waals surface area contributed by atoms with Crippen LogP contribution in [0.15, 0.2) is 0 Å². The largest absolute Gasteiger partial charge is 0.390 e. The molecule has 0 saturated carbocycles. The van der Waals surface area contributed by atoms with Crippen molar-refractivity contribution in [1.82, 2.24) is 0 Å². The minimum absolute atomic E-state index is 0.317. The van der Waals surface area contributed by atoms with Crippen molar-refractivity contribution < 1.29 is 5.11 Å². The highest BCUT2D eigenvalue weighted by molar-refractivity contribution is 6.76. The molecule has 0 heterocycles. The molecular formula is C3H4Cl3NO. The molecule has 0 bridgehead atoms. The summed E-state index contributed by atoms with van der Waals surface area (Å²) >= 11 is 15.4. The summed E-state index contributed by atoms with van der Waals surface area (Å²) in [5.41, 5.74) is -0.317. The molecule has 0 aliphatic rings. The van der Waals surface area contributed by atoms with E-state index in [1.54, 1.807) is 0 Å². The predicted molar refractivity (Wildman–Crippen MR) is 35.1 cm³/mol. The van der Waals surface area contributed by atoms with Gasteiger partial charge < -0.3 is 10.5 Å². The average Bonchev–Trinajstić information content (AvgIpc) is 1.62. The van der Waals surface area contributed by atoms with E-state index in [-0.39, 0.29) is 5.71 Å². The molecule has 0 spiro atoms. The number of hydrogen-bond acceptors (Lipinski definition) is 2. The monoisotopic (exact) mass is 175 g/mol. The third-order valence-electron chi connectivity index (χ3n) is 0.500. The summed E-state index contributed by atoms with van der Waals surface area (Å²) in [5.74, 6) is 0. The summed E-state index contributed by atoms with van der Waals surface area (Å²) < 4.78 is -1.74. The maximum absolute atomic E-state index is 8.19. The number of hydrogen-bond donors (Lipinski definition) is 2. The lowest BCUT2D eigenvalue weighted by Crippen LogP contribution is -2.21. The smallest absolute Gasteiger partial charge is 0.230 e.